The molecule has 0 bridgehead atoms. The summed E-state index contributed by atoms with van der Waals surface area (Å²) >= 11 is 0. The summed E-state index contributed by atoms with van der Waals surface area (Å²) in [5.41, 5.74) is 5.99. The van der Waals surface area contributed by atoms with E-state index in [0.717, 1.165) is 0 Å². The van der Waals surface area contributed by atoms with Crippen molar-refractivity contribution in [2.45, 2.75) is 70.3 Å². The summed E-state index contributed by atoms with van der Waals surface area (Å²) < 4.78 is 0. The lowest BCUT2D eigenvalue weighted by molar-refractivity contribution is -0.143. The van der Waals surface area contributed by atoms with Crippen molar-refractivity contribution in [1.82, 2.24) is 25.9 Å². The Morgan fingerprint density at radius 1 is 1.00 bits per heavy atom. The summed E-state index contributed by atoms with van der Waals surface area (Å²) in [6.45, 7) is 4.78. The van der Waals surface area contributed by atoms with Gasteiger partial charge in [0.25, 0.3) is 0 Å². The average Bonchev–Trinajstić information content (AvgIpc) is 3.22. The summed E-state index contributed by atoms with van der Waals surface area (Å²) in [5.74, 6) is -5.36. The topological polar surface area (TPSA) is 237 Å². The number of aliphatic carboxylic acids is 2. The molecule has 0 saturated carbocycles. The Morgan fingerprint density at radius 3 is 2.09 bits per heavy atom. The van der Waals surface area contributed by atoms with Crippen molar-refractivity contribution in [3.63, 3.8) is 0 Å². The minimum atomic E-state index is -1.53. The standard InChI is InChI=1S/C20H32N6O8/c1-9(2)4-13(24-17(30)12(21)6-15(28)29)18(31)26-16(10(3)27)19(32)25-14(20(33)34)5-11-7-22-8-23-11/h7-10,12-14,16,27H,4-6,21H2,1-3H3,(H,22,23)(H,24,30)(H,25,32)(H,26,31)(H,28,29)(H,33,34). The molecule has 3 amide bonds. The first-order valence-corrected chi connectivity index (χ1v) is 10.6. The number of rotatable bonds is 14. The van der Waals surface area contributed by atoms with E-state index in [1.807, 2.05) is 0 Å². The molecule has 1 aromatic heterocycles. The highest BCUT2D eigenvalue weighted by Gasteiger charge is 2.33. The van der Waals surface area contributed by atoms with Gasteiger partial charge in [0.05, 0.1) is 24.9 Å². The van der Waals surface area contributed by atoms with E-state index in [4.69, 9.17) is 10.8 Å². The van der Waals surface area contributed by atoms with Gasteiger partial charge in [0.15, 0.2) is 0 Å². The maximum atomic E-state index is 12.9. The Balaban J connectivity index is 2.94. The number of carbonyl (C=O) groups is 5. The molecule has 5 unspecified atom stereocenters. The van der Waals surface area contributed by atoms with Gasteiger partial charge in [0, 0.05) is 18.3 Å². The van der Waals surface area contributed by atoms with Crippen LogP contribution in [0, 0.1) is 5.92 Å². The predicted octanol–water partition coefficient (Wildman–Crippen LogP) is -2.28. The van der Waals surface area contributed by atoms with Gasteiger partial charge >= 0.3 is 11.9 Å². The summed E-state index contributed by atoms with van der Waals surface area (Å²) in [4.78, 5) is 66.6. The van der Waals surface area contributed by atoms with Crippen LogP contribution in [0.15, 0.2) is 12.5 Å². The number of amides is 3. The highest BCUT2D eigenvalue weighted by atomic mass is 16.4. The minimum Gasteiger partial charge on any atom is -0.481 e. The average molecular weight is 485 g/mol. The van der Waals surface area contributed by atoms with Crippen molar-refractivity contribution in [2.24, 2.45) is 11.7 Å². The SMILES string of the molecule is CC(C)CC(NC(=O)C(N)CC(=O)O)C(=O)NC(C(=O)NC(Cc1cnc[nH]1)C(=O)O)C(C)O. The number of carboxylic acid groups (broad SMARTS) is 2. The highest BCUT2D eigenvalue weighted by Crippen LogP contribution is 2.08. The van der Waals surface area contributed by atoms with Gasteiger partial charge in [-0.1, -0.05) is 13.8 Å². The van der Waals surface area contributed by atoms with Crippen molar-refractivity contribution in [1.29, 1.82) is 0 Å². The van der Waals surface area contributed by atoms with Gasteiger partial charge in [-0.2, -0.15) is 0 Å². The molecule has 0 aliphatic rings. The number of aliphatic hydroxyl groups is 1. The fraction of sp³-hybridized carbons (Fsp3) is 0.600. The van der Waals surface area contributed by atoms with Crippen LogP contribution in [0.25, 0.3) is 0 Å². The molecule has 0 aliphatic carbocycles. The van der Waals surface area contributed by atoms with Crippen LogP contribution in [0.4, 0.5) is 0 Å². The third-order valence-electron chi connectivity index (χ3n) is 4.73. The Bertz CT molecular complexity index is 857. The van der Waals surface area contributed by atoms with Crippen LogP contribution in [0.5, 0.6) is 0 Å². The maximum absolute atomic E-state index is 12.9. The Morgan fingerprint density at radius 2 is 1.62 bits per heavy atom. The van der Waals surface area contributed by atoms with Crippen molar-refractivity contribution in [3.05, 3.63) is 18.2 Å². The number of aromatic nitrogens is 2. The van der Waals surface area contributed by atoms with Gasteiger partial charge in [0.2, 0.25) is 17.7 Å². The first kappa shape index (κ1) is 28.5. The number of hydrogen-bond donors (Lipinski definition) is 8. The third-order valence-corrected chi connectivity index (χ3v) is 4.73. The molecular weight excluding hydrogens is 452 g/mol. The molecule has 0 fully saturated rings. The van der Waals surface area contributed by atoms with E-state index >= 15 is 0 Å². The molecule has 1 aromatic rings. The fourth-order valence-corrected chi connectivity index (χ4v) is 3.00. The smallest absolute Gasteiger partial charge is 0.326 e. The molecule has 0 saturated heterocycles. The van der Waals surface area contributed by atoms with Gasteiger partial charge in [-0.3, -0.25) is 19.2 Å². The summed E-state index contributed by atoms with van der Waals surface area (Å²) in [6, 6.07) is -5.47. The predicted molar refractivity (Wildman–Crippen MR) is 117 cm³/mol. The number of imidazole rings is 1. The molecule has 34 heavy (non-hydrogen) atoms. The summed E-state index contributed by atoms with van der Waals surface area (Å²) in [5, 5.41) is 35.2. The van der Waals surface area contributed by atoms with E-state index in [0.29, 0.717) is 5.69 Å². The van der Waals surface area contributed by atoms with Crippen LogP contribution in [-0.4, -0.2) is 85.2 Å². The van der Waals surface area contributed by atoms with E-state index in [-0.39, 0.29) is 18.8 Å². The third kappa shape index (κ3) is 9.54. The molecule has 1 rings (SSSR count). The quantitative estimate of drug-likeness (QED) is 0.141. The lowest BCUT2D eigenvalue weighted by atomic mass is 10.0. The van der Waals surface area contributed by atoms with Crippen molar-refractivity contribution < 1.29 is 39.3 Å². The monoisotopic (exact) mass is 484 g/mol. The Kier molecular flexibility index (Phi) is 11.1. The number of carboxylic acids is 2. The molecule has 5 atom stereocenters. The zero-order chi connectivity index (χ0) is 26.0. The number of aliphatic hydroxyl groups excluding tert-OH is 1. The highest BCUT2D eigenvalue weighted by molar-refractivity contribution is 5.95. The molecule has 0 radical (unpaired) electrons. The van der Waals surface area contributed by atoms with E-state index in [1.54, 1.807) is 13.8 Å². The zero-order valence-corrected chi connectivity index (χ0v) is 19.1. The van der Waals surface area contributed by atoms with Crippen LogP contribution in [0.2, 0.25) is 0 Å². The Labute approximate surface area is 195 Å². The molecule has 0 spiro atoms. The van der Waals surface area contributed by atoms with Gasteiger partial charge in [-0.15, -0.1) is 0 Å². The number of hydrogen-bond acceptors (Lipinski definition) is 8. The van der Waals surface area contributed by atoms with Gasteiger partial charge in [-0.25, -0.2) is 9.78 Å². The summed E-state index contributed by atoms with van der Waals surface area (Å²) in [7, 11) is 0. The number of nitrogens with zero attached hydrogens (tertiary/aromatic N) is 1. The van der Waals surface area contributed by atoms with Crippen molar-refractivity contribution in [2.75, 3.05) is 0 Å². The van der Waals surface area contributed by atoms with Crippen LogP contribution < -0.4 is 21.7 Å². The molecule has 0 aliphatic heterocycles. The fourth-order valence-electron chi connectivity index (χ4n) is 3.00. The lowest BCUT2D eigenvalue weighted by Crippen LogP contribution is -2.60. The van der Waals surface area contributed by atoms with E-state index in [2.05, 4.69) is 25.9 Å². The first-order chi connectivity index (χ1) is 15.8. The van der Waals surface area contributed by atoms with Crippen LogP contribution in [0.3, 0.4) is 0 Å². The normalized spacial score (nSPS) is 15.5. The Hall–Kier alpha value is -3.52. The molecule has 14 nitrogen and oxygen atoms in total. The second kappa shape index (κ2) is 13.3. The molecule has 0 aromatic carbocycles. The number of carbonyl (C=O) groups excluding carboxylic acids is 3. The van der Waals surface area contributed by atoms with E-state index < -0.39 is 66.4 Å². The summed E-state index contributed by atoms with van der Waals surface area (Å²) in [6.07, 6.45) is 0.700. The molecular formula is C20H32N6O8. The number of H-pyrrole nitrogens is 1. The molecule has 190 valence electrons. The number of nitrogens with one attached hydrogen (secondary N) is 4. The van der Waals surface area contributed by atoms with Crippen LogP contribution in [0.1, 0.15) is 39.3 Å². The number of nitrogens with two attached hydrogens (primary N) is 1. The zero-order valence-electron chi connectivity index (χ0n) is 19.1. The second-order valence-electron chi connectivity index (χ2n) is 8.30. The van der Waals surface area contributed by atoms with Gasteiger partial charge in [0.1, 0.15) is 18.1 Å². The van der Waals surface area contributed by atoms with Crippen LogP contribution in [-0.2, 0) is 30.4 Å². The van der Waals surface area contributed by atoms with Gasteiger partial charge < -0.3 is 42.0 Å². The van der Waals surface area contributed by atoms with Crippen molar-refractivity contribution in [3.8, 4) is 0 Å². The largest absolute Gasteiger partial charge is 0.481 e. The van der Waals surface area contributed by atoms with Gasteiger partial charge in [-0.05, 0) is 19.3 Å². The molecule has 9 N–H and O–H groups in total. The molecule has 1 heterocycles. The lowest BCUT2D eigenvalue weighted by Gasteiger charge is -2.27. The van der Waals surface area contributed by atoms with Crippen LogP contribution >= 0.6 is 0 Å². The second-order valence-corrected chi connectivity index (χ2v) is 8.30. The van der Waals surface area contributed by atoms with Crippen molar-refractivity contribution >= 4 is 29.7 Å². The van der Waals surface area contributed by atoms with E-state index in [9.17, 15) is 34.2 Å². The maximum Gasteiger partial charge on any atom is 0.326 e. The minimum absolute atomic E-state index is 0.0867. The first-order valence-electron chi connectivity index (χ1n) is 10.6. The number of aromatic amines is 1. The van der Waals surface area contributed by atoms with E-state index in [1.165, 1.54) is 19.4 Å². The molecule has 14 heteroatoms.